The van der Waals surface area contributed by atoms with Gasteiger partial charge in [-0.15, -0.1) is 0 Å². The molecule has 5 heteroatoms. The van der Waals surface area contributed by atoms with Crippen LogP contribution in [0.2, 0.25) is 0 Å². The molecule has 3 radical (unpaired) electrons. The fraction of sp³-hybridized carbons (Fsp3) is 0.200. The zero-order valence-electron chi connectivity index (χ0n) is 8.44. The Bertz CT molecular complexity index is 307. The zero-order valence-corrected chi connectivity index (χ0v) is 9.92. The van der Waals surface area contributed by atoms with Crippen LogP contribution in [0.15, 0.2) is 36.3 Å². The first kappa shape index (κ1) is 14.0. The van der Waals surface area contributed by atoms with Crippen LogP contribution in [0, 0.1) is 6.67 Å². The smallest absolute Gasteiger partial charge is 0.300 e. The summed E-state index contributed by atoms with van der Waals surface area (Å²) in [5, 5.41) is 7.42. The Balaban J connectivity index is 0.000000346. The number of fused-ring (bicyclic) bond motifs is 1. The SMILES string of the molecule is CC(=O)O.CN1[C]N2C=CC=CC2=C1.[Ag]. The van der Waals surface area contributed by atoms with Gasteiger partial charge < -0.3 is 14.9 Å². The first-order chi connectivity index (χ1) is 6.59. The molecule has 4 nitrogen and oxygen atoms in total. The van der Waals surface area contributed by atoms with E-state index in [0.29, 0.717) is 0 Å². The summed E-state index contributed by atoms with van der Waals surface area (Å²) in [6.45, 7) is 4.18. The Morgan fingerprint density at radius 1 is 1.47 bits per heavy atom. The van der Waals surface area contributed by atoms with Gasteiger partial charge in [0.05, 0.1) is 5.70 Å². The van der Waals surface area contributed by atoms with Crippen molar-refractivity contribution in [2.45, 2.75) is 6.92 Å². The Morgan fingerprint density at radius 2 is 2.07 bits per heavy atom. The summed E-state index contributed by atoms with van der Waals surface area (Å²) in [4.78, 5) is 12.9. The summed E-state index contributed by atoms with van der Waals surface area (Å²) < 4.78 is 0. The van der Waals surface area contributed by atoms with E-state index in [4.69, 9.17) is 9.90 Å². The summed E-state index contributed by atoms with van der Waals surface area (Å²) in [5.41, 5.74) is 1.17. The third kappa shape index (κ3) is 4.88. The summed E-state index contributed by atoms with van der Waals surface area (Å²) in [5.74, 6) is -0.833. The monoisotopic (exact) mass is 299 g/mol. The number of aliphatic carboxylic acids is 1. The van der Waals surface area contributed by atoms with Gasteiger partial charge in [-0.1, -0.05) is 6.08 Å². The quantitative estimate of drug-likeness (QED) is 0.684. The van der Waals surface area contributed by atoms with E-state index in [1.807, 2.05) is 41.4 Å². The minimum Gasteiger partial charge on any atom is -0.481 e. The van der Waals surface area contributed by atoms with Crippen LogP contribution in [0.1, 0.15) is 6.92 Å². The Labute approximate surface area is 105 Å². The van der Waals surface area contributed by atoms with E-state index < -0.39 is 5.97 Å². The van der Waals surface area contributed by atoms with Gasteiger partial charge in [-0.3, -0.25) is 4.79 Å². The summed E-state index contributed by atoms with van der Waals surface area (Å²) in [6, 6.07) is 0. The Kier molecular flexibility index (Phi) is 6.08. The van der Waals surface area contributed by atoms with Gasteiger partial charge in [0, 0.05) is 48.8 Å². The largest absolute Gasteiger partial charge is 0.481 e. The van der Waals surface area contributed by atoms with Crippen LogP contribution >= 0.6 is 0 Å². The van der Waals surface area contributed by atoms with Gasteiger partial charge in [0.25, 0.3) is 5.97 Å². The number of carboxylic acids is 1. The molecule has 0 unspecified atom stereocenters. The minimum atomic E-state index is -0.833. The fourth-order valence-corrected chi connectivity index (χ4v) is 1.05. The third-order valence-electron chi connectivity index (χ3n) is 1.48. The molecule has 0 aliphatic carbocycles. The van der Waals surface area contributed by atoms with E-state index in [-0.39, 0.29) is 22.4 Å². The van der Waals surface area contributed by atoms with E-state index in [1.54, 1.807) is 0 Å². The molecule has 0 amide bonds. The number of allylic oxidation sites excluding steroid dienone is 3. The van der Waals surface area contributed by atoms with E-state index in [2.05, 4.69) is 12.7 Å². The maximum atomic E-state index is 9.00. The van der Waals surface area contributed by atoms with Crippen molar-refractivity contribution in [2.24, 2.45) is 0 Å². The molecule has 0 aromatic carbocycles. The van der Waals surface area contributed by atoms with E-state index >= 15 is 0 Å². The predicted octanol–water partition coefficient (Wildman–Crippen LogP) is 1.24. The topological polar surface area (TPSA) is 43.8 Å². The van der Waals surface area contributed by atoms with Crippen LogP contribution < -0.4 is 0 Å². The molecule has 85 valence electrons. The van der Waals surface area contributed by atoms with E-state index in [0.717, 1.165) is 6.92 Å². The second kappa shape index (κ2) is 6.50. The summed E-state index contributed by atoms with van der Waals surface area (Å²) >= 11 is 0. The van der Waals surface area contributed by atoms with Crippen molar-refractivity contribution in [2.75, 3.05) is 7.05 Å². The van der Waals surface area contributed by atoms with Crippen molar-refractivity contribution in [1.82, 2.24) is 9.80 Å². The normalized spacial score (nSPS) is 16.0. The second-order valence-electron chi connectivity index (χ2n) is 2.85. The second-order valence-corrected chi connectivity index (χ2v) is 2.85. The molecule has 0 saturated heterocycles. The van der Waals surface area contributed by atoms with E-state index in [1.165, 1.54) is 5.70 Å². The van der Waals surface area contributed by atoms with Gasteiger partial charge in [-0.25, -0.2) is 0 Å². The first-order valence-electron chi connectivity index (χ1n) is 4.14. The van der Waals surface area contributed by atoms with Crippen molar-refractivity contribution in [1.29, 1.82) is 0 Å². The van der Waals surface area contributed by atoms with Crippen molar-refractivity contribution in [3.8, 4) is 0 Å². The molecule has 0 aromatic heterocycles. The maximum absolute atomic E-state index is 9.00. The van der Waals surface area contributed by atoms with Crippen LogP contribution in [-0.4, -0.2) is 27.9 Å². The van der Waals surface area contributed by atoms with Crippen LogP contribution in [0.3, 0.4) is 0 Å². The average molecular weight is 300 g/mol. The molecule has 0 spiro atoms. The van der Waals surface area contributed by atoms with Crippen LogP contribution in [-0.2, 0) is 27.2 Å². The van der Waals surface area contributed by atoms with Crippen molar-refractivity contribution in [3.05, 3.63) is 43.0 Å². The molecule has 2 aliphatic heterocycles. The van der Waals surface area contributed by atoms with Crippen molar-refractivity contribution in [3.63, 3.8) is 0 Å². The molecule has 2 heterocycles. The molecule has 0 fully saturated rings. The van der Waals surface area contributed by atoms with Gasteiger partial charge >= 0.3 is 0 Å². The maximum Gasteiger partial charge on any atom is 0.300 e. The van der Waals surface area contributed by atoms with Crippen molar-refractivity contribution >= 4 is 5.97 Å². The number of hydrogen-bond donors (Lipinski definition) is 1. The minimum absolute atomic E-state index is 0. The molecule has 0 bridgehead atoms. The standard InChI is InChI=1S/C8H8N2.C2H4O2.Ag/c1-9-6-8-4-2-3-5-10(8)7-9;1-2(3)4;/h2-6H,1H3;1H3,(H,3,4);. The molecule has 0 atom stereocenters. The predicted molar refractivity (Wildman–Crippen MR) is 52.5 cm³/mol. The van der Waals surface area contributed by atoms with Crippen LogP contribution in [0.25, 0.3) is 0 Å². The van der Waals surface area contributed by atoms with Crippen molar-refractivity contribution < 1.29 is 32.3 Å². The number of rotatable bonds is 0. The first-order valence-corrected chi connectivity index (χ1v) is 4.14. The summed E-state index contributed by atoms with van der Waals surface area (Å²) in [7, 11) is 1.97. The van der Waals surface area contributed by atoms with Gasteiger partial charge in [-0.05, 0) is 12.2 Å². The van der Waals surface area contributed by atoms with Gasteiger partial charge in [0.2, 0.25) is 6.67 Å². The molecule has 2 rings (SSSR count). The van der Waals surface area contributed by atoms with E-state index in [9.17, 15) is 0 Å². The van der Waals surface area contributed by atoms with Gasteiger partial charge in [-0.2, -0.15) is 0 Å². The molecule has 0 saturated carbocycles. The number of carbonyl (C=O) groups is 1. The third-order valence-corrected chi connectivity index (χ3v) is 1.48. The number of nitrogens with zero attached hydrogens (tertiary/aromatic N) is 2. The van der Waals surface area contributed by atoms with Crippen LogP contribution in [0.4, 0.5) is 0 Å². The zero-order chi connectivity index (χ0) is 10.6. The van der Waals surface area contributed by atoms with Gasteiger partial charge in [0.1, 0.15) is 0 Å². The number of carboxylic acid groups (broad SMARTS) is 1. The molecule has 1 N–H and O–H groups in total. The molecular weight excluding hydrogens is 288 g/mol. The average Bonchev–Trinajstić information content (AvgIpc) is 2.42. The Morgan fingerprint density at radius 3 is 2.60 bits per heavy atom. The molecule has 15 heavy (non-hydrogen) atoms. The molecule has 2 aliphatic rings. The van der Waals surface area contributed by atoms with Crippen LogP contribution in [0.5, 0.6) is 0 Å². The molecule has 0 aromatic rings. The Hall–Kier alpha value is -0.970. The van der Waals surface area contributed by atoms with Gasteiger partial charge in [0.15, 0.2) is 0 Å². The molecular formula is C10H12AgN2O2. The fourth-order valence-electron chi connectivity index (χ4n) is 1.05. The summed E-state index contributed by atoms with van der Waals surface area (Å²) in [6.07, 6.45) is 10.1. The number of hydrogen-bond acceptors (Lipinski definition) is 3.